The number of amidine groups is 1. The Morgan fingerprint density at radius 1 is 1.17 bits per heavy atom. The van der Waals surface area contributed by atoms with Crippen molar-refractivity contribution in [1.82, 2.24) is 0 Å². The third-order valence-electron chi connectivity index (χ3n) is 3.92. The van der Waals surface area contributed by atoms with E-state index in [1.807, 2.05) is 48.5 Å². The predicted octanol–water partition coefficient (Wildman–Crippen LogP) is 3.06. The molecule has 2 N–H and O–H groups in total. The molecule has 0 bridgehead atoms. The molecule has 0 amide bonds. The first-order chi connectivity index (χ1) is 11.6. The van der Waals surface area contributed by atoms with Crippen LogP contribution in [0.5, 0.6) is 5.75 Å². The molecule has 6 heteroatoms. The highest BCUT2D eigenvalue weighted by atomic mass is 79.9. The first-order valence-corrected chi connectivity index (χ1v) is 8.40. The van der Waals surface area contributed by atoms with Gasteiger partial charge in [0.2, 0.25) is 0 Å². The zero-order valence-electron chi connectivity index (χ0n) is 13.4. The molecule has 0 spiro atoms. The summed E-state index contributed by atoms with van der Waals surface area (Å²) < 4.78 is 17.1. The van der Waals surface area contributed by atoms with E-state index in [-0.39, 0.29) is 6.02 Å². The van der Waals surface area contributed by atoms with E-state index in [1.54, 1.807) is 7.11 Å². The van der Waals surface area contributed by atoms with Crippen molar-refractivity contribution in [2.45, 2.75) is 5.54 Å². The van der Waals surface area contributed by atoms with Crippen LogP contribution in [-0.4, -0.2) is 33.0 Å². The maximum Gasteiger partial charge on any atom is 0.283 e. The van der Waals surface area contributed by atoms with Gasteiger partial charge >= 0.3 is 0 Å². The van der Waals surface area contributed by atoms with E-state index in [1.165, 1.54) is 0 Å². The van der Waals surface area contributed by atoms with Crippen LogP contribution < -0.4 is 10.5 Å². The Balaban J connectivity index is 1.93. The molecule has 1 aliphatic rings. The SMILES string of the molecule is COCCOc1ccc(C2(c3cccc(Br)c3)COC(N)=N2)cc1. The highest BCUT2D eigenvalue weighted by Gasteiger charge is 2.40. The van der Waals surface area contributed by atoms with Gasteiger partial charge < -0.3 is 19.9 Å². The van der Waals surface area contributed by atoms with Crippen molar-refractivity contribution in [1.29, 1.82) is 0 Å². The fourth-order valence-electron chi connectivity index (χ4n) is 2.71. The van der Waals surface area contributed by atoms with Crippen molar-refractivity contribution in [2.24, 2.45) is 10.7 Å². The number of nitrogens with two attached hydrogens (primary N) is 1. The largest absolute Gasteiger partial charge is 0.491 e. The Kier molecular flexibility index (Phi) is 5.06. The molecule has 1 atom stereocenters. The van der Waals surface area contributed by atoms with Crippen LogP contribution in [0.3, 0.4) is 0 Å². The Morgan fingerprint density at radius 3 is 2.58 bits per heavy atom. The van der Waals surface area contributed by atoms with Gasteiger partial charge in [-0.15, -0.1) is 0 Å². The van der Waals surface area contributed by atoms with E-state index in [2.05, 4.69) is 20.9 Å². The monoisotopic (exact) mass is 390 g/mol. The van der Waals surface area contributed by atoms with Crippen LogP contribution in [0.1, 0.15) is 11.1 Å². The Labute approximate surface area is 149 Å². The van der Waals surface area contributed by atoms with Crippen molar-refractivity contribution in [3.05, 3.63) is 64.1 Å². The molecule has 1 unspecified atom stereocenters. The summed E-state index contributed by atoms with van der Waals surface area (Å²) in [4.78, 5) is 4.60. The highest BCUT2D eigenvalue weighted by Crippen LogP contribution is 2.38. The summed E-state index contributed by atoms with van der Waals surface area (Å²) in [6.07, 6.45) is 0. The molecule has 126 valence electrons. The smallest absolute Gasteiger partial charge is 0.283 e. The first kappa shape index (κ1) is 16.8. The van der Waals surface area contributed by atoms with Gasteiger partial charge in [-0.2, -0.15) is 0 Å². The van der Waals surface area contributed by atoms with Crippen LogP contribution in [-0.2, 0) is 15.0 Å². The summed E-state index contributed by atoms with van der Waals surface area (Å²) in [7, 11) is 1.65. The van der Waals surface area contributed by atoms with Crippen LogP contribution >= 0.6 is 15.9 Å². The van der Waals surface area contributed by atoms with Gasteiger partial charge in [0.25, 0.3) is 6.02 Å². The van der Waals surface area contributed by atoms with Gasteiger partial charge in [0.15, 0.2) is 5.54 Å². The topological polar surface area (TPSA) is 66.1 Å². The van der Waals surface area contributed by atoms with Gasteiger partial charge in [0.05, 0.1) is 6.61 Å². The van der Waals surface area contributed by atoms with Crippen LogP contribution in [0.2, 0.25) is 0 Å². The van der Waals surface area contributed by atoms with Crippen LogP contribution in [0.25, 0.3) is 0 Å². The average molecular weight is 391 g/mol. The van der Waals surface area contributed by atoms with Crippen LogP contribution in [0.4, 0.5) is 0 Å². The lowest BCUT2D eigenvalue weighted by Crippen LogP contribution is -2.27. The van der Waals surface area contributed by atoms with E-state index in [0.717, 1.165) is 21.3 Å². The quantitative estimate of drug-likeness (QED) is 0.769. The average Bonchev–Trinajstić information content (AvgIpc) is 2.99. The fraction of sp³-hybridized carbons (Fsp3) is 0.278. The summed E-state index contributed by atoms with van der Waals surface area (Å²) in [5, 5.41) is 0. The second-order valence-corrected chi connectivity index (χ2v) is 6.39. The molecule has 3 rings (SSSR count). The minimum atomic E-state index is -0.640. The van der Waals surface area contributed by atoms with E-state index in [9.17, 15) is 0 Å². The molecule has 5 nitrogen and oxygen atoms in total. The highest BCUT2D eigenvalue weighted by molar-refractivity contribution is 9.10. The number of benzene rings is 2. The van der Waals surface area contributed by atoms with E-state index < -0.39 is 5.54 Å². The van der Waals surface area contributed by atoms with Gasteiger partial charge in [-0.25, -0.2) is 4.99 Å². The molecule has 0 radical (unpaired) electrons. The number of ether oxygens (including phenoxy) is 3. The normalized spacial score (nSPS) is 19.7. The van der Waals surface area contributed by atoms with Gasteiger partial charge in [-0.1, -0.05) is 40.2 Å². The Hall–Kier alpha value is -2.05. The number of rotatable bonds is 6. The molecular formula is C18H19BrN2O3. The molecule has 2 aromatic carbocycles. The van der Waals surface area contributed by atoms with Crippen molar-refractivity contribution < 1.29 is 14.2 Å². The summed E-state index contributed by atoms with van der Waals surface area (Å²) >= 11 is 3.52. The van der Waals surface area contributed by atoms with Gasteiger partial charge in [-0.3, -0.25) is 0 Å². The van der Waals surface area contributed by atoms with E-state index in [0.29, 0.717) is 19.8 Å². The molecule has 2 aromatic rings. The number of methoxy groups -OCH3 is 1. The van der Waals surface area contributed by atoms with Crippen molar-refractivity contribution in [3.63, 3.8) is 0 Å². The third-order valence-corrected chi connectivity index (χ3v) is 4.41. The summed E-state index contributed by atoms with van der Waals surface area (Å²) in [5.74, 6) is 0.788. The standard InChI is InChI=1S/C18H19BrN2O3/c1-22-9-10-23-16-7-5-13(6-8-16)18(12-24-17(20)21-18)14-3-2-4-15(19)11-14/h2-8,11H,9-10,12H2,1H3,(H2,20,21). The molecule has 0 saturated carbocycles. The molecule has 0 aliphatic carbocycles. The Morgan fingerprint density at radius 2 is 1.96 bits per heavy atom. The van der Waals surface area contributed by atoms with Crippen molar-refractivity contribution >= 4 is 22.0 Å². The maximum absolute atomic E-state index is 5.81. The minimum Gasteiger partial charge on any atom is -0.491 e. The van der Waals surface area contributed by atoms with Crippen molar-refractivity contribution in [2.75, 3.05) is 26.9 Å². The number of aliphatic imine (C=N–C) groups is 1. The lowest BCUT2D eigenvalue weighted by Gasteiger charge is -2.25. The summed E-state index contributed by atoms with van der Waals surface area (Å²) in [6.45, 7) is 1.44. The molecule has 24 heavy (non-hydrogen) atoms. The number of nitrogens with zero attached hydrogens (tertiary/aromatic N) is 1. The first-order valence-electron chi connectivity index (χ1n) is 7.60. The number of hydrogen-bond acceptors (Lipinski definition) is 5. The zero-order chi connectivity index (χ0) is 17.0. The van der Waals surface area contributed by atoms with Gasteiger partial charge in [0.1, 0.15) is 19.0 Å². The second-order valence-electron chi connectivity index (χ2n) is 5.47. The second kappa shape index (κ2) is 7.23. The molecule has 1 aliphatic heterocycles. The van der Waals surface area contributed by atoms with Gasteiger partial charge in [0, 0.05) is 11.6 Å². The minimum absolute atomic E-state index is 0.204. The van der Waals surface area contributed by atoms with E-state index >= 15 is 0 Å². The predicted molar refractivity (Wildman–Crippen MR) is 96.3 cm³/mol. The summed E-state index contributed by atoms with van der Waals surface area (Å²) in [5.41, 5.74) is 7.19. The summed E-state index contributed by atoms with van der Waals surface area (Å²) in [6, 6.07) is 16.1. The maximum atomic E-state index is 5.81. The third kappa shape index (κ3) is 3.39. The zero-order valence-corrected chi connectivity index (χ0v) is 15.0. The van der Waals surface area contributed by atoms with Crippen LogP contribution in [0.15, 0.2) is 58.0 Å². The van der Waals surface area contributed by atoms with Gasteiger partial charge in [-0.05, 0) is 35.4 Å². The van der Waals surface area contributed by atoms with E-state index in [4.69, 9.17) is 19.9 Å². The molecule has 1 heterocycles. The fourth-order valence-corrected chi connectivity index (χ4v) is 3.11. The number of halogens is 1. The lowest BCUT2D eigenvalue weighted by atomic mass is 9.84. The lowest BCUT2D eigenvalue weighted by molar-refractivity contribution is 0.146. The molecule has 0 fully saturated rings. The molecule has 0 saturated heterocycles. The number of hydrogen-bond donors (Lipinski definition) is 1. The molecule has 0 aromatic heterocycles. The molecular weight excluding hydrogens is 372 g/mol. The van der Waals surface area contributed by atoms with Crippen molar-refractivity contribution in [3.8, 4) is 5.75 Å². The Bertz CT molecular complexity index is 733. The van der Waals surface area contributed by atoms with Crippen LogP contribution in [0, 0.1) is 0 Å².